The normalized spacial score (nSPS) is 37.6. The van der Waals surface area contributed by atoms with Crippen molar-refractivity contribution in [2.75, 3.05) is 6.54 Å². The fourth-order valence-corrected chi connectivity index (χ4v) is 0.768. The lowest BCUT2D eigenvalue weighted by Crippen LogP contribution is -2.18. The van der Waals surface area contributed by atoms with Crippen LogP contribution in [0.1, 0.15) is 6.92 Å². The minimum Gasteiger partial charge on any atom is -0.355 e. The molecular formula is C6H11NO. The molecule has 0 aliphatic carbocycles. The van der Waals surface area contributed by atoms with Crippen LogP contribution in [0, 0.1) is 0 Å². The van der Waals surface area contributed by atoms with Crippen LogP contribution < -0.4 is 5.32 Å². The average Bonchev–Trinajstić information content (AvgIpc) is 2.14. The molecule has 8 heavy (non-hydrogen) atoms. The van der Waals surface area contributed by atoms with E-state index in [0.29, 0.717) is 6.10 Å². The van der Waals surface area contributed by atoms with Crippen LogP contribution in [-0.4, -0.2) is 18.9 Å². The fourth-order valence-electron chi connectivity index (χ4n) is 0.768. The van der Waals surface area contributed by atoms with Crippen LogP contribution >= 0.6 is 0 Å². The van der Waals surface area contributed by atoms with Crippen molar-refractivity contribution in [2.45, 2.75) is 19.3 Å². The summed E-state index contributed by atoms with van der Waals surface area (Å²) in [5, 5.41) is 3.12. The first-order chi connectivity index (χ1) is 3.83. The lowest BCUT2D eigenvalue weighted by Gasteiger charge is -2.01. The molecule has 2 atom stereocenters. The first kappa shape index (κ1) is 5.79. The zero-order chi connectivity index (χ0) is 5.98. The maximum Gasteiger partial charge on any atom is 0.127 e. The highest BCUT2D eigenvalue weighted by Crippen LogP contribution is 2.02. The van der Waals surface area contributed by atoms with Crippen molar-refractivity contribution in [2.24, 2.45) is 0 Å². The Kier molecular flexibility index (Phi) is 1.65. The van der Waals surface area contributed by atoms with Gasteiger partial charge in [-0.25, -0.2) is 0 Å². The minimum atomic E-state index is 0.0880. The molecule has 2 nitrogen and oxygen atoms in total. The summed E-state index contributed by atoms with van der Waals surface area (Å²) in [4.78, 5) is 0. The van der Waals surface area contributed by atoms with Crippen LogP contribution in [0.3, 0.4) is 0 Å². The highest BCUT2D eigenvalue weighted by atomic mass is 16.5. The van der Waals surface area contributed by atoms with Crippen molar-refractivity contribution in [3.05, 3.63) is 12.7 Å². The fraction of sp³-hybridized carbons (Fsp3) is 0.667. The van der Waals surface area contributed by atoms with Crippen LogP contribution in [0.4, 0.5) is 0 Å². The van der Waals surface area contributed by atoms with E-state index < -0.39 is 0 Å². The number of nitrogens with one attached hydrogen (secondary N) is 1. The van der Waals surface area contributed by atoms with Gasteiger partial charge in [-0.3, -0.25) is 5.32 Å². The van der Waals surface area contributed by atoms with E-state index in [1.807, 2.05) is 6.92 Å². The lowest BCUT2D eigenvalue weighted by atomic mass is 10.4. The van der Waals surface area contributed by atoms with Crippen molar-refractivity contribution in [3.8, 4) is 0 Å². The van der Waals surface area contributed by atoms with E-state index in [0.717, 1.165) is 6.54 Å². The first-order valence-corrected chi connectivity index (χ1v) is 2.84. The molecule has 46 valence electrons. The first-order valence-electron chi connectivity index (χ1n) is 2.84. The molecule has 1 N–H and O–H groups in total. The van der Waals surface area contributed by atoms with Gasteiger partial charge in [0.05, 0.1) is 6.10 Å². The van der Waals surface area contributed by atoms with E-state index in [9.17, 15) is 0 Å². The van der Waals surface area contributed by atoms with E-state index in [-0.39, 0.29) is 6.23 Å². The van der Waals surface area contributed by atoms with Crippen molar-refractivity contribution in [1.29, 1.82) is 0 Å². The van der Waals surface area contributed by atoms with Crippen LogP contribution in [0.2, 0.25) is 0 Å². The van der Waals surface area contributed by atoms with Gasteiger partial charge in [0.1, 0.15) is 6.23 Å². The van der Waals surface area contributed by atoms with Crippen LogP contribution in [0.5, 0.6) is 0 Å². The highest BCUT2D eigenvalue weighted by molar-refractivity contribution is 4.83. The predicted molar refractivity (Wildman–Crippen MR) is 32.5 cm³/mol. The molecule has 1 heterocycles. The molecule has 0 spiro atoms. The van der Waals surface area contributed by atoms with Crippen molar-refractivity contribution in [3.63, 3.8) is 0 Å². The third kappa shape index (κ3) is 1.08. The van der Waals surface area contributed by atoms with Gasteiger partial charge in [0.2, 0.25) is 0 Å². The molecule has 2 heteroatoms. The van der Waals surface area contributed by atoms with E-state index >= 15 is 0 Å². The Morgan fingerprint density at radius 3 is 2.88 bits per heavy atom. The monoisotopic (exact) mass is 113 g/mol. The van der Waals surface area contributed by atoms with E-state index in [1.54, 1.807) is 6.08 Å². The predicted octanol–water partition coefficient (Wildman–Crippen LogP) is 0.507. The van der Waals surface area contributed by atoms with Gasteiger partial charge < -0.3 is 4.74 Å². The molecule has 1 saturated heterocycles. The lowest BCUT2D eigenvalue weighted by molar-refractivity contribution is 0.0813. The third-order valence-electron chi connectivity index (χ3n) is 1.20. The zero-order valence-electron chi connectivity index (χ0n) is 5.05. The summed E-state index contributed by atoms with van der Waals surface area (Å²) in [6, 6.07) is 0. The number of hydrogen-bond acceptors (Lipinski definition) is 2. The molecule has 0 saturated carbocycles. The van der Waals surface area contributed by atoms with Gasteiger partial charge in [0.25, 0.3) is 0 Å². The van der Waals surface area contributed by atoms with E-state index in [2.05, 4.69) is 11.9 Å². The van der Waals surface area contributed by atoms with Gasteiger partial charge in [-0.2, -0.15) is 0 Å². The molecule has 1 fully saturated rings. The molecular weight excluding hydrogens is 102 g/mol. The summed E-state index contributed by atoms with van der Waals surface area (Å²) >= 11 is 0. The van der Waals surface area contributed by atoms with Gasteiger partial charge in [0, 0.05) is 6.54 Å². The number of rotatable bonds is 1. The van der Waals surface area contributed by atoms with Crippen molar-refractivity contribution >= 4 is 0 Å². The van der Waals surface area contributed by atoms with Crippen LogP contribution in [0.25, 0.3) is 0 Å². The van der Waals surface area contributed by atoms with Gasteiger partial charge in [0.15, 0.2) is 0 Å². The Balaban J connectivity index is 2.32. The molecule has 1 aliphatic heterocycles. The smallest absolute Gasteiger partial charge is 0.127 e. The Morgan fingerprint density at radius 1 is 1.88 bits per heavy atom. The summed E-state index contributed by atoms with van der Waals surface area (Å²) in [5.41, 5.74) is 0. The SMILES string of the molecule is C=CC1NCC(C)O1. The number of ether oxygens (including phenoxy) is 1. The summed E-state index contributed by atoms with van der Waals surface area (Å²) in [7, 11) is 0. The Labute approximate surface area is 49.5 Å². The van der Waals surface area contributed by atoms with Gasteiger partial charge in [-0.15, -0.1) is 0 Å². The second kappa shape index (κ2) is 2.29. The average molecular weight is 113 g/mol. The Hall–Kier alpha value is -0.340. The highest BCUT2D eigenvalue weighted by Gasteiger charge is 2.16. The Bertz CT molecular complexity index is 92.5. The largest absolute Gasteiger partial charge is 0.355 e. The molecule has 1 rings (SSSR count). The van der Waals surface area contributed by atoms with Crippen molar-refractivity contribution in [1.82, 2.24) is 5.32 Å². The van der Waals surface area contributed by atoms with Gasteiger partial charge >= 0.3 is 0 Å². The van der Waals surface area contributed by atoms with Crippen molar-refractivity contribution < 1.29 is 4.74 Å². The van der Waals surface area contributed by atoms with E-state index in [4.69, 9.17) is 4.74 Å². The molecule has 1 aliphatic rings. The molecule has 0 aromatic rings. The molecule has 0 aromatic carbocycles. The van der Waals surface area contributed by atoms with Crippen LogP contribution in [-0.2, 0) is 4.74 Å². The second-order valence-electron chi connectivity index (χ2n) is 2.01. The molecule has 0 amide bonds. The molecule has 0 aromatic heterocycles. The summed E-state index contributed by atoms with van der Waals surface area (Å²) in [5.74, 6) is 0. The van der Waals surface area contributed by atoms with Gasteiger partial charge in [-0.05, 0) is 13.0 Å². The Morgan fingerprint density at radius 2 is 2.62 bits per heavy atom. The van der Waals surface area contributed by atoms with Gasteiger partial charge in [-0.1, -0.05) is 6.58 Å². The summed E-state index contributed by atoms with van der Waals surface area (Å²) in [6.45, 7) is 6.57. The summed E-state index contributed by atoms with van der Waals surface area (Å²) < 4.78 is 5.28. The second-order valence-corrected chi connectivity index (χ2v) is 2.01. The maximum absolute atomic E-state index is 5.28. The molecule has 0 bridgehead atoms. The quantitative estimate of drug-likeness (QED) is 0.500. The molecule has 0 radical (unpaired) electrons. The zero-order valence-corrected chi connectivity index (χ0v) is 5.05. The third-order valence-corrected chi connectivity index (χ3v) is 1.20. The minimum absolute atomic E-state index is 0.0880. The number of hydrogen-bond donors (Lipinski definition) is 1. The topological polar surface area (TPSA) is 21.3 Å². The summed E-state index contributed by atoms with van der Waals surface area (Å²) in [6.07, 6.45) is 2.20. The standard InChI is InChI=1S/C6H11NO/c1-3-6-7-4-5(2)8-6/h3,5-7H,1,4H2,2H3. The maximum atomic E-state index is 5.28. The van der Waals surface area contributed by atoms with Crippen LogP contribution in [0.15, 0.2) is 12.7 Å². The van der Waals surface area contributed by atoms with E-state index in [1.165, 1.54) is 0 Å². The molecule has 2 unspecified atom stereocenters.